The number of carbonyl (C=O) groups is 1. The van der Waals surface area contributed by atoms with Crippen LogP contribution in [0.5, 0.6) is 0 Å². The lowest BCUT2D eigenvalue weighted by molar-refractivity contribution is -0.119. The molecule has 5 nitrogen and oxygen atoms in total. The van der Waals surface area contributed by atoms with Gasteiger partial charge in [0.25, 0.3) is 10.0 Å². The van der Waals surface area contributed by atoms with Gasteiger partial charge in [-0.25, -0.2) is 8.42 Å². The van der Waals surface area contributed by atoms with Gasteiger partial charge < -0.3 is 5.32 Å². The third-order valence-electron chi connectivity index (χ3n) is 4.84. The highest BCUT2D eigenvalue weighted by molar-refractivity contribution is 7.99. The normalized spacial score (nSPS) is 11.2. The number of hydrogen-bond acceptors (Lipinski definition) is 4. The Balaban J connectivity index is 1.73. The molecule has 0 saturated heterocycles. The lowest BCUT2D eigenvalue weighted by atomic mass is 10.2. The van der Waals surface area contributed by atoms with Gasteiger partial charge in [-0.2, -0.15) is 0 Å². The first kappa shape index (κ1) is 24.2. The first-order valence-corrected chi connectivity index (χ1v) is 12.9. The van der Waals surface area contributed by atoms with Gasteiger partial charge in [0, 0.05) is 22.2 Å². The van der Waals surface area contributed by atoms with Crippen molar-refractivity contribution in [3.63, 3.8) is 0 Å². The van der Waals surface area contributed by atoms with Crippen LogP contribution in [0.3, 0.4) is 0 Å². The molecule has 0 saturated carbocycles. The molecule has 1 N–H and O–H groups in total. The van der Waals surface area contributed by atoms with E-state index in [9.17, 15) is 13.2 Å². The number of nitrogens with one attached hydrogen (secondary N) is 1. The first-order valence-electron chi connectivity index (χ1n) is 10.1. The molecule has 0 atom stereocenters. The third kappa shape index (κ3) is 6.06. The average Bonchev–Trinajstić information content (AvgIpc) is 2.79. The van der Waals surface area contributed by atoms with Crippen molar-refractivity contribution in [3.8, 4) is 0 Å². The number of thioether (sulfide) groups is 1. The zero-order valence-electron chi connectivity index (χ0n) is 17.9. The summed E-state index contributed by atoms with van der Waals surface area (Å²) < 4.78 is 27.9. The predicted octanol–water partition coefficient (Wildman–Crippen LogP) is 5.06. The van der Waals surface area contributed by atoms with Gasteiger partial charge in [0.1, 0.15) is 6.54 Å². The number of aryl methyl sites for hydroxylation is 1. The predicted molar refractivity (Wildman–Crippen MR) is 132 cm³/mol. The monoisotopic (exact) mass is 488 g/mol. The van der Waals surface area contributed by atoms with Crippen LogP contribution in [0.1, 0.15) is 11.1 Å². The van der Waals surface area contributed by atoms with Crippen LogP contribution in [0.15, 0.2) is 82.6 Å². The van der Waals surface area contributed by atoms with E-state index < -0.39 is 10.0 Å². The van der Waals surface area contributed by atoms with Gasteiger partial charge in [0.15, 0.2) is 0 Å². The highest BCUT2D eigenvalue weighted by Gasteiger charge is 2.28. The summed E-state index contributed by atoms with van der Waals surface area (Å²) in [5, 5.41) is 3.26. The summed E-state index contributed by atoms with van der Waals surface area (Å²) in [6, 6.07) is 21.3. The molecule has 0 aliphatic carbocycles. The highest BCUT2D eigenvalue weighted by Crippen LogP contribution is 2.30. The van der Waals surface area contributed by atoms with E-state index in [0.717, 1.165) is 9.20 Å². The van der Waals surface area contributed by atoms with E-state index >= 15 is 0 Å². The minimum atomic E-state index is -3.96. The van der Waals surface area contributed by atoms with Gasteiger partial charge >= 0.3 is 0 Å². The summed E-state index contributed by atoms with van der Waals surface area (Å²) in [6.07, 6.45) is 0. The maximum Gasteiger partial charge on any atom is 0.264 e. The summed E-state index contributed by atoms with van der Waals surface area (Å²) in [7, 11) is -3.96. The second-order valence-electron chi connectivity index (χ2n) is 7.22. The van der Waals surface area contributed by atoms with Crippen molar-refractivity contribution in [1.82, 2.24) is 5.32 Å². The smallest absolute Gasteiger partial charge is 0.264 e. The van der Waals surface area contributed by atoms with E-state index in [4.69, 9.17) is 11.6 Å². The number of halogens is 1. The zero-order valence-corrected chi connectivity index (χ0v) is 20.3. The number of rotatable bonds is 9. The van der Waals surface area contributed by atoms with Gasteiger partial charge in [0.05, 0.1) is 10.6 Å². The Labute approximate surface area is 198 Å². The van der Waals surface area contributed by atoms with Crippen LogP contribution in [-0.2, 0) is 14.8 Å². The molecule has 32 heavy (non-hydrogen) atoms. The van der Waals surface area contributed by atoms with Gasteiger partial charge in [-0.1, -0.05) is 53.6 Å². The summed E-state index contributed by atoms with van der Waals surface area (Å²) >= 11 is 7.87. The molecule has 0 aliphatic rings. The van der Waals surface area contributed by atoms with Gasteiger partial charge in [0.2, 0.25) is 5.91 Å². The van der Waals surface area contributed by atoms with Crippen molar-refractivity contribution in [1.29, 1.82) is 0 Å². The molecule has 3 aromatic carbocycles. The van der Waals surface area contributed by atoms with E-state index in [1.54, 1.807) is 55.1 Å². The molecule has 0 aromatic heterocycles. The standard InChI is InChI=1S/C24H25ClN2O3S2/c1-18-11-13-20(14-12-18)31-16-15-26-24(28)17-27(23-10-6-9-22(25)19(23)2)32(29,30)21-7-4-3-5-8-21/h3-14H,15-17H2,1-2H3,(H,26,28). The molecular formula is C24H25ClN2O3S2. The van der Waals surface area contributed by atoms with Crippen LogP contribution in [0.25, 0.3) is 0 Å². The van der Waals surface area contributed by atoms with Crippen molar-refractivity contribution in [2.24, 2.45) is 0 Å². The fraction of sp³-hybridized carbons (Fsp3) is 0.208. The van der Waals surface area contributed by atoms with E-state index in [1.807, 2.05) is 31.2 Å². The van der Waals surface area contributed by atoms with E-state index in [1.165, 1.54) is 17.7 Å². The number of hydrogen-bond donors (Lipinski definition) is 1. The van der Waals surface area contributed by atoms with E-state index in [0.29, 0.717) is 28.6 Å². The Hall–Kier alpha value is -2.48. The Kier molecular flexibility index (Phi) is 8.23. The molecule has 0 spiro atoms. The quantitative estimate of drug-likeness (QED) is 0.337. The van der Waals surface area contributed by atoms with Gasteiger partial charge in [-0.3, -0.25) is 9.10 Å². The van der Waals surface area contributed by atoms with E-state index in [-0.39, 0.29) is 17.3 Å². The topological polar surface area (TPSA) is 66.5 Å². The molecular weight excluding hydrogens is 464 g/mol. The van der Waals surface area contributed by atoms with Crippen LogP contribution in [-0.4, -0.2) is 33.2 Å². The zero-order chi connectivity index (χ0) is 23.1. The van der Waals surface area contributed by atoms with Crippen molar-refractivity contribution in [2.45, 2.75) is 23.6 Å². The molecule has 0 heterocycles. The maximum absolute atomic E-state index is 13.4. The molecule has 1 amide bonds. The second-order valence-corrected chi connectivity index (χ2v) is 10.7. The average molecular weight is 489 g/mol. The van der Waals surface area contributed by atoms with Crippen LogP contribution < -0.4 is 9.62 Å². The third-order valence-corrected chi connectivity index (χ3v) is 8.04. The second kappa shape index (κ2) is 10.9. The number of benzene rings is 3. The SMILES string of the molecule is Cc1ccc(SCCNC(=O)CN(c2cccc(Cl)c2C)S(=O)(=O)c2ccccc2)cc1. The molecule has 0 aliphatic heterocycles. The van der Waals surface area contributed by atoms with Crippen LogP contribution in [0, 0.1) is 13.8 Å². The van der Waals surface area contributed by atoms with E-state index in [2.05, 4.69) is 5.32 Å². The van der Waals surface area contributed by atoms with Gasteiger partial charge in [-0.15, -0.1) is 11.8 Å². The maximum atomic E-state index is 13.4. The van der Waals surface area contributed by atoms with Crippen molar-refractivity contribution in [2.75, 3.05) is 23.1 Å². The molecule has 0 fully saturated rings. The largest absolute Gasteiger partial charge is 0.354 e. The summed E-state index contributed by atoms with van der Waals surface area (Å²) in [5.74, 6) is 0.296. The van der Waals surface area contributed by atoms with Crippen molar-refractivity contribution < 1.29 is 13.2 Å². The lowest BCUT2D eigenvalue weighted by Crippen LogP contribution is -2.41. The fourth-order valence-corrected chi connectivity index (χ4v) is 5.50. The number of anilines is 1. The Bertz CT molecular complexity index is 1170. The molecule has 0 radical (unpaired) electrons. The summed E-state index contributed by atoms with van der Waals surface area (Å²) in [6.45, 7) is 3.85. The molecule has 8 heteroatoms. The molecule has 0 unspecified atom stereocenters. The minimum Gasteiger partial charge on any atom is -0.354 e. The highest BCUT2D eigenvalue weighted by atomic mass is 35.5. The fourth-order valence-electron chi connectivity index (χ4n) is 3.07. The first-order chi connectivity index (χ1) is 15.3. The molecule has 168 valence electrons. The Morgan fingerprint density at radius 2 is 1.66 bits per heavy atom. The molecule has 3 aromatic rings. The van der Waals surface area contributed by atoms with Crippen LogP contribution in [0.2, 0.25) is 5.02 Å². The Morgan fingerprint density at radius 3 is 2.34 bits per heavy atom. The van der Waals surface area contributed by atoms with Crippen molar-refractivity contribution >= 4 is 45.0 Å². The lowest BCUT2D eigenvalue weighted by Gasteiger charge is -2.26. The number of amides is 1. The molecule has 0 bridgehead atoms. The Morgan fingerprint density at radius 1 is 0.969 bits per heavy atom. The number of nitrogens with zero attached hydrogens (tertiary/aromatic N) is 1. The van der Waals surface area contributed by atoms with Crippen LogP contribution >= 0.6 is 23.4 Å². The van der Waals surface area contributed by atoms with Crippen LogP contribution in [0.4, 0.5) is 5.69 Å². The molecule has 3 rings (SSSR count). The van der Waals surface area contributed by atoms with Gasteiger partial charge in [-0.05, 0) is 55.8 Å². The summed E-state index contributed by atoms with van der Waals surface area (Å²) in [5.41, 5.74) is 2.17. The number of sulfonamides is 1. The number of carbonyl (C=O) groups excluding carboxylic acids is 1. The minimum absolute atomic E-state index is 0.113. The van der Waals surface area contributed by atoms with Crippen molar-refractivity contribution in [3.05, 3.63) is 88.9 Å². The summed E-state index contributed by atoms with van der Waals surface area (Å²) in [4.78, 5) is 13.9.